The zero-order valence-electron chi connectivity index (χ0n) is 14.6. The Morgan fingerprint density at radius 1 is 1.05 bits per heavy atom. The second-order valence-electron chi connectivity index (χ2n) is 6.50. The Bertz CT molecular complexity index is 682. The molecule has 0 fully saturated rings. The Morgan fingerprint density at radius 2 is 1.77 bits per heavy atom. The van der Waals surface area contributed by atoms with E-state index in [1.165, 1.54) is 33.4 Å². The summed E-state index contributed by atoms with van der Waals surface area (Å²) < 4.78 is 0. The van der Waals surface area contributed by atoms with Gasteiger partial charge in [-0.3, -0.25) is 0 Å². The van der Waals surface area contributed by atoms with Crippen molar-refractivity contribution in [1.82, 2.24) is 0 Å². The number of hydrogen-bond acceptors (Lipinski definition) is 0. The van der Waals surface area contributed by atoms with Crippen LogP contribution in [0.5, 0.6) is 0 Å². The van der Waals surface area contributed by atoms with Gasteiger partial charge in [-0.25, -0.2) is 0 Å². The van der Waals surface area contributed by atoms with Gasteiger partial charge in [0.1, 0.15) is 5.66 Å². The molecule has 2 aromatic carbocycles. The van der Waals surface area contributed by atoms with Crippen LogP contribution in [0, 0.1) is 20.8 Å². The van der Waals surface area contributed by atoms with Crippen molar-refractivity contribution in [3.63, 3.8) is 0 Å². The first kappa shape index (κ1) is 17.0. The third-order valence-electron chi connectivity index (χ3n) is 4.69. The summed E-state index contributed by atoms with van der Waals surface area (Å²) in [5.74, 6) is 0. The number of hydrogen-bond donors (Lipinski definition) is 0. The largest absolute Gasteiger partial charge is 0.138 e. The zero-order chi connectivity index (χ0) is 16.3. The van der Waals surface area contributed by atoms with Crippen LogP contribution in [0.2, 0.25) is 0 Å². The van der Waals surface area contributed by atoms with Gasteiger partial charge in [-0.2, -0.15) is 0 Å². The lowest BCUT2D eigenvalue weighted by molar-refractivity contribution is 0.928. The highest BCUT2D eigenvalue weighted by Gasteiger charge is 2.20. The lowest BCUT2D eigenvalue weighted by Gasteiger charge is -2.16. The van der Waals surface area contributed by atoms with E-state index in [1.54, 1.807) is 0 Å². The fraction of sp³-hybridized carbons (Fsp3) is 0.381. The maximum Gasteiger partial charge on any atom is 0.138 e. The second-order valence-corrected chi connectivity index (χ2v) is 8.79. The molecule has 0 saturated carbocycles. The van der Waals surface area contributed by atoms with E-state index >= 15 is 0 Å². The molecule has 0 nitrogen and oxygen atoms in total. The highest BCUT2D eigenvalue weighted by molar-refractivity contribution is 7.55. The molecule has 0 radical (unpaired) electrons. The van der Waals surface area contributed by atoms with Gasteiger partial charge >= 0.3 is 0 Å². The lowest BCUT2D eigenvalue weighted by Crippen LogP contribution is -2.02. The Morgan fingerprint density at radius 3 is 2.41 bits per heavy atom. The van der Waals surface area contributed by atoms with Gasteiger partial charge in [0.15, 0.2) is 0 Å². The van der Waals surface area contributed by atoms with Gasteiger partial charge < -0.3 is 0 Å². The van der Waals surface area contributed by atoms with E-state index in [4.69, 9.17) is 0 Å². The van der Waals surface area contributed by atoms with Crippen molar-refractivity contribution in [2.45, 2.75) is 46.2 Å². The molecule has 0 heterocycles. The summed E-state index contributed by atoms with van der Waals surface area (Å²) in [7, 11) is -0.190. The van der Waals surface area contributed by atoms with Gasteiger partial charge in [0, 0.05) is 5.56 Å². The average Bonchev–Trinajstić information content (AvgIpc) is 2.46. The summed E-state index contributed by atoms with van der Waals surface area (Å²) >= 11 is 0. The molecule has 0 aliphatic carbocycles. The highest BCUT2D eigenvalue weighted by atomic mass is 31.1. The first-order chi connectivity index (χ1) is 10.4. The molecule has 0 aromatic heterocycles. The van der Waals surface area contributed by atoms with Gasteiger partial charge in [-0.15, -0.1) is 0 Å². The van der Waals surface area contributed by atoms with Crippen LogP contribution in [0.3, 0.4) is 0 Å². The first-order valence-electron chi connectivity index (χ1n) is 8.08. The van der Waals surface area contributed by atoms with E-state index in [0.29, 0.717) is 5.66 Å². The molecule has 0 bridgehead atoms. The van der Waals surface area contributed by atoms with E-state index in [0.717, 1.165) is 12.8 Å². The minimum Gasteiger partial charge on any atom is -0.0617 e. The number of benzene rings is 2. The van der Waals surface area contributed by atoms with Crippen molar-refractivity contribution >= 4 is 13.8 Å². The lowest BCUT2D eigenvalue weighted by atomic mass is 9.92. The van der Waals surface area contributed by atoms with Crippen molar-refractivity contribution in [2.75, 3.05) is 6.66 Å². The van der Waals surface area contributed by atoms with Crippen molar-refractivity contribution in [3.8, 4) is 0 Å². The minimum atomic E-state index is -0.190. The van der Waals surface area contributed by atoms with Gasteiger partial charge in [0.25, 0.3) is 0 Å². The predicted molar refractivity (Wildman–Crippen MR) is 103 cm³/mol. The fourth-order valence-corrected chi connectivity index (χ4v) is 4.03. The maximum atomic E-state index is 4.29. The Hall–Kier alpha value is -1.39. The molecule has 2 unspecified atom stereocenters. The SMILES string of the molecule is C=[P+](C)C(C)c1c(C)ccc(CCc2cccc(C)c2)c1C. The molecule has 2 atom stereocenters. The molecule has 0 N–H and O–H groups in total. The third kappa shape index (κ3) is 3.87. The zero-order valence-corrected chi connectivity index (χ0v) is 15.5. The van der Waals surface area contributed by atoms with Crippen LogP contribution in [0.15, 0.2) is 36.4 Å². The molecule has 0 aliphatic rings. The van der Waals surface area contributed by atoms with Crippen LogP contribution in [-0.2, 0) is 12.8 Å². The molecule has 0 amide bonds. The molecular weight excluding hydrogens is 283 g/mol. The van der Waals surface area contributed by atoms with Crippen LogP contribution in [-0.4, -0.2) is 13.0 Å². The van der Waals surface area contributed by atoms with Crippen molar-refractivity contribution in [1.29, 1.82) is 0 Å². The molecule has 0 aliphatic heterocycles. The highest BCUT2D eigenvalue weighted by Crippen LogP contribution is 2.40. The molecule has 2 aromatic rings. The predicted octanol–water partition coefficient (Wildman–Crippen LogP) is 6.00. The molecule has 1 heteroatoms. The van der Waals surface area contributed by atoms with Crippen molar-refractivity contribution < 1.29 is 0 Å². The van der Waals surface area contributed by atoms with Gasteiger partial charge in [-0.1, -0.05) is 42.0 Å². The Balaban J connectivity index is 2.25. The van der Waals surface area contributed by atoms with Crippen LogP contribution in [0.25, 0.3) is 0 Å². The molecule has 22 heavy (non-hydrogen) atoms. The summed E-state index contributed by atoms with van der Waals surface area (Å²) in [6, 6.07) is 13.5. The Labute approximate surface area is 137 Å². The summed E-state index contributed by atoms with van der Waals surface area (Å²) in [6.07, 6.45) is 6.53. The normalized spacial score (nSPS) is 13.0. The fourth-order valence-electron chi connectivity index (χ4n) is 3.19. The smallest absolute Gasteiger partial charge is 0.0617 e. The van der Waals surface area contributed by atoms with E-state index in [-0.39, 0.29) is 7.55 Å². The quantitative estimate of drug-likeness (QED) is 0.594. The molecule has 0 saturated heterocycles. The second kappa shape index (κ2) is 7.25. The molecule has 2 rings (SSSR count). The average molecular weight is 311 g/mol. The maximum absolute atomic E-state index is 4.29. The molecule has 0 spiro atoms. The standard InChI is InChI=1S/C21H28P/c1-15-8-7-9-19(14-15)11-13-20-12-10-16(2)21(17(20)3)18(4)22(5)6/h7-10,12,14,18H,5,11,13H2,1-4,6H3/q+1. The summed E-state index contributed by atoms with van der Waals surface area (Å²) in [5, 5.41) is 0. The number of rotatable bonds is 5. The van der Waals surface area contributed by atoms with Crippen molar-refractivity contribution in [2.24, 2.45) is 0 Å². The summed E-state index contributed by atoms with van der Waals surface area (Å²) in [5.41, 5.74) is 9.29. The van der Waals surface area contributed by atoms with Crippen LogP contribution in [0.4, 0.5) is 0 Å². The van der Waals surface area contributed by atoms with Crippen molar-refractivity contribution in [3.05, 3.63) is 69.8 Å². The topological polar surface area (TPSA) is 0 Å². The van der Waals surface area contributed by atoms with Gasteiger partial charge in [0.2, 0.25) is 0 Å². The Kier molecular flexibility index (Phi) is 5.59. The van der Waals surface area contributed by atoms with Crippen LogP contribution >= 0.6 is 7.55 Å². The molecular formula is C21H28P+. The number of aryl methyl sites for hydroxylation is 4. The van der Waals surface area contributed by atoms with E-state index < -0.39 is 0 Å². The van der Waals surface area contributed by atoms with E-state index in [2.05, 4.69) is 77.1 Å². The monoisotopic (exact) mass is 311 g/mol. The summed E-state index contributed by atoms with van der Waals surface area (Å²) in [4.78, 5) is 0. The first-order valence-corrected chi connectivity index (χ1v) is 10.1. The summed E-state index contributed by atoms with van der Waals surface area (Å²) in [6.45, 7) is 11.3. The van der Waals surface area contributed by atoms with Gasteiger partial charge in [-0.05, 0) is 62.8 Å². The van der Waals surface area contributed by atoms with Crippen LogP contribution in [0.1, 0.15) is 46.0 Å². The van der Waals surface area contributed by atoms with Gasteiger partial charge in [0.05, 0.1) is 20.5 Å². The minimum absolute atomic E-state index is 0.190. The van der Waals surface area contributed by atoms with Crippen LogP contribution < -0.4 is 0 Å². The molecule has 116 valence electrons. The third-order valence-corrected chi connectivity index (χ3v) is 6.27. The van der Waals surface area contributed by atoms with E-state index in [1.807, 2.05) is 0 Å². The van der Waals surface area contributed by atoms with E-state index in [9.17, 15) is 0 Å².